The number of hydrogen-bond donors (Lipinski definition) is 3. The second kappa shape index (κ2) is 4.51. The average molecular weight is 216 g/mol. The normalized spacial score (nSPS) is 11.8. The highest BCUT2D eigenvalue weighted by Gasteiger charge is 2.13. The molecule has 0 aliphatic carbocycles. The van der Waals surface area contributed by atoms with Crippen LogP contribution in [0.1, 0.15) is 6.92 Å². The molecule has 0 unspecified atom stereocenters. The third kappa shape index (κ3) is 2.98. The van der Waals surface area contributed by atoms with Crippen molar-refractivity contribution in [2.24, 2.45) is 0 Å². The number of rotatable bonds is 3. The number of carbonyl (C=O) groups excluding carboxylic acids is 1. The summed E-state index contributed by atoms with van der Waals surface area (Å²) in [5.74, 6) is -1.09. The van der Waals surface area contributed by atoms with Gasteiger partial charge >= 0.3 is 12.0 Å². The van der Waals surface area contributed by atoms with Crippen LogP contribution in [0, 0.1) is 0 Å². The lowest BCUT2D eigenvalue weighted by Gasteiger charge is -2.08. The molecule has 0 radical (unpaired) electrons. The molecule has 1 atom stereocenters. The van der Waals surface area contributed by atoms with E-state index in [-0.39, 0.29) is 0 Å². The highest BCUT2D eigenvalue weighted by Crippen LogP contribution is 2.08. The number of aliphatic carboxylic acids is 1. The number of urea groups is 1. The van der Waals surface area contributed by atoms with Gasteiger partial charge in [0.25, 0.3) is 0 Å². The van der Waals surface area contributed by atoms with E-state index in [4.69, 9.17) is 5.11 Å². The van der Waals surface area contributed by atoms with E-state index in [1.54, 1.807) is 0 Å². The lowest BCUT2D eigenvalue weighted by molar-refractivity contribution is -0.138. The Labute approximate surface area is 83.3 Å². The first-order chi connectivity index (χ1) is 6.59. The van der Waals surface area contributed by atoms with Gasteiger partial charge in [-0.3, -0.25) is 10.1 Å². The Bertz CT molecular complexity index is 326. The number of carbonyl (C=O) groups is 2. The number of hydrogen-bond acceptors (Lipinski definition) is 5. The van der Waals surface area contributed by atoms with Crippen molar-refractivity contribution < 1.29 is 14.7 Å². The molecule has 0 aromatic carbocycles. The van der Waals surface area contributed by atoms with Crippen LogP contribution in [0.5, 0.6) is 0 Å². The van der Waals surface area contributed by atoms with E-state index in [1.165, 1.54) is 13.1 Å². The molecule has 0 saturated carbocycles. The zero-order valence-electron chi connectivity index (χ0n) is 7.22. The molecule has 7 nitrogen and oxygen atoms in total. The Hall–Kier alpha value is -1.70. The first-order valence-electron chi connectivity index (χ1n) is 3.67. The molecule has 1 aromatic heterocycles. The molecule has 3 N–H and O–H groups in total. The van der Waals surface area contributed by atoms with Crippen molar-refractivity contribution in [2.45, 2.75) is 13.0 Å². The van der Waals surface area contributed by atoms with Gasteiger partial charge in [0.15, 0.2) is 0 Å². The Kier molecular flexibility index (Phi) is 3.35. The first-order valence-corrected chi connectivity index (χ1v) is 4.44. The standard InChI is InChI=1S/C6H8N4O3S/c1-3(5(11)12)8-6(13)9-4-2-7-10-14-4/h2-3H,1H3,(H,11,12)(H2,8,9,13)/t3-/m0/s1. The molecular weight excluding hydrogens is 208 g/mol. The van der Waals surface area contributed by atoms with Crippen molar-refractivity contribution in [3.05, 3.63) is 6.20 Å². The molecule has 2 amide bonds. The third-order valence-electron chi connectivity index (χ3n) is 1.32. The minimum atomic E-state index is -1.09. The van der Waals surface area contributed by atoms with E-state index in [0.29, 0.717) is 5.00 Å². The number of anilines is 1. The fourth-order valence-electron chi connectivity index (χ4n) is 0.629. The minimum Gasteiger partial charge on any atom is -0.480 e. The molecule has 1 heterocycles. The van der Waals surface area contributed by atoms with Gasteiger partial charge in [0, 0.05) is 11.5 Å². The van der Waals surface area contributed by atoms with E-state index in [2.05, 4.69) is 20.2 Å². The summed E-state index contributed by atoms with van der Waals surface area (Å²) >= 11 is 1.01. The van der Waals surface area contributed by atoms with E-state index in [0.717, 1.165) is 11.5 Å². The van der Waals surface area contributed by atoms with Crippen molar-refractivity contribution in [2.75, 3.05) is 5.32 Å². The van der Waals surface area contributed by atoms with E-state index in [9.17, 15) is 9.59 Å². The van der Waals surface area contributed by atoms with Crippen LogP contribution >= 0.6 is 11.5 Å². The van der Waals surface area contributed by atoms with Crippen molar-refractivity contribution >= 4 is 28.5 Å². The Balaban J connectivity index is 2.40. The van der Waals surface area contributed by atoms with Gasteiger partial charge in [-0.25, -0.2) is 4.79 Å². The second-order valence-electron chi connectivity index (χ2n) is 2.44. The van der Waals surface area contributed by atoms with Crippen LogP contribution in [-0.4, -0.2) is 32.7 Å². The van der Waals surface area contributed by atoms with E-state index < -0.39 is 18.0 Å². The molecule has 0 spiro atoms. The number of carboxylic acids is 1. The van der Waals surface area contributed by atoms with Crippen molar-refractivity contribution in [3.63, 3.8) is 0 Å². The maximum atomic E-state index is 11.1. The average Bonchev–Trinajstić information content (AvgIpc) is 2.56. The predicted molar refractivity (Wildman–Crippen MR) is 49.2 cm³/mol. The predicted octanol–water partition coefficient (Wildman–Crippen LogP) is 0.133. The highest BCUT2D eigenvalue weighted by atomic mass is 32.1. The van der Waals surface area contributed by atoms with Gasteiger partial charge < -0.3 is 10.4 Å². The number of carboxylic acid groups (broad SMARTS) is 1. The fraction of sp³-hybridized carbons (Fsp3) is 0.333. The zero-order valence-corrected chi connectivity index (χ0v) is 8.04. The molecular formula is C6H8N4O3S. The molecule has 0 aliphatic rings. The van der Waals surface area contributed by atoms with Gasteiger partial charge in [-0.05, 0) is 6.92 Å². The molecule has 1 aromatic rings. The topological polar surface area (TPSA) is 104 Å². The SMILES string of the molecule is C[C@H](NC(=O)Nc1cnns1)C(=O)O. The monoisotopic (exact) mass is 216 g/mol. The van der Waals surface area contributed by atoms with Gasteiger partial charge in [0.05, 0.1) is 6.20 Å². The number of amides is 2. The van der Waals surface area contributed by atoms with E-state index >= 15 is 0 Å². The smallest absolute Gasteiger partial charge is 0.325 e. The largest absolute Gasteiger partial charge is 0.480 e. The molecule has 8 heteroatoms. The Morgan fingerprint density at radius 1 is 1.64 bits per heavy atom. The maximum Gasteiger partial charge on any atom is 0.325 e. The fourth-order valence-corrected chi connectivity index (χ4v) is 1.04. The summed E-state index contributed by atoms with van der Waals surface area (Å²) in [6.45, 7) is 1.37. The molecule has 0 fully saturated rings. The lowest BCUT2D eigenvalue weighted by atomic mass is 10.3. The summed E-state index contributed by atoms with van der Waals surface area (Å²) in [6.07, 6.45) is 1.37. The maximum absolute atomic E-state index is 11.1. The van der Waals surface area contributed by atoms with Crippen LogP contribution in [0.2, 0.25) is 0 Å². The number of aromatic nitrogens is 2. The summed E-state index contributed by atoms with van der Waals surface area (Å²) < 4.78 is 3.52. The van der Waals surface area contributed by atoms with Crippen LogP contribution in [-0.2, 0) is 4.79 Å². The molecule has 0 bridgehead atoms. The third-order valence-corrected chi connectivity index (χ3v) is 1.90. The quantitative estimate of drug-likeness (QED) is 0.666. The van der Waals surface area contributed by atoms with Crippen LogP contribution in [0.3, 0.4) is 0 Å². The summed E-state index contributed by atoms with van der Waals surface area (Å²) in [6, 6.07) is -1.53. The van der Waals surface area contributed by atoms with Gasteiger partial charge in [0.1, 0.15) is 11.0 Å². The van der Waals surface area contributed by atoms with Crippen LogP contribution < -0.4 is 10.6 Å². The van der Waals surface area contributed by atoms with Gasteiger partial charge in [-0.15, -0.1) is 5.10 Å². The summed E-state index contributed by atoms with van der Waals surface area (Å²) in [7, 11) is 0. The molecule has 0 saturated heterocycles. The number of nitrogens with zero attached hydrogens (tertiary/aromatic N) is 2. The van der Waals surface area contributed by atoms with Crippen molar-refractivity contribution in [3.8, 4) is 0 Å². The molecule has 14 heavy (non-hydrogen) atoms. The minimum absolute atomic E-state index is 0.458. The second-order valence-corrected chi connectivity index (χ2v) is 3.23. The van der Waals surface area contributed by atoms with Gasteiger partial charge in [-0.1, -0.05) is 4.49 Å². The summed E-state index contributed by atoms with van der Waals surface area (Å²) in [5.41, 5.74) is 0. The van der Waals surface area contributed by atoms with Crippen LogP contribution in [0.4, 0.5) is 9.80 Å². The Morgan fingerprint density at radius 2 is 2.36 bits per heavy atom. The van der Waals surface area contributed by atoms with Gasteiger partial charge in [0.2, 0.25) is 0 Å². The molecule has 1 rings (SSSR count). The molecule has 0 aliphatic heterocycles. The lowest BCUT2D eigenvalue weighted by Crippen LogP contribution is -2.40. The zero-order chi connectivity index (χ0) is 10.6. The Morgan fingerprint density at radius 3 is 2.86 bits per heavy atom. The first kappa shape index (κ1) is 10.4. The summed E-state index contributed by atoms with van der Waals surface area (Å²) in [5, 5.41) is 17.1. The van der Waals surface area contributed by atoms with Gasteiger partial charge in [-0.2, -0.15) is 0 Å². The molecule has 76 valence electrons. The van der Waals surface area contributed by atoms with E-state index in [1.807, 2.05) is 0 Å². The van der Waals surface area contributed by atoms with Crippen LogP contribution in [0.15, 0.2) is 6.20 Å². The summed E-state index contributed by atoms with van der Waals surface area (Å²) in [4.78, 5) is 21.5. The van der Waals surface area contributed by atoms with Crippen molar-refractivity contribution in [1.29, 1.82) is 0 Å². The number of nitrogens with one attached hydrogen (secondary N) is 2. The van der Waals surface area contributed by atoms with Crippen molar-refractivity contribution in [1.82, 2.24) is 14.9 Å². The highest BCUT2D eigenvalue weighted by molar-refractivity contribution is 7.10. The van der Waals surface area contributed by atoms with Crippen LogP contribution in [0.25, 0.3) is 0 Å².